The fourth-order valence-corrected chi connectivity index (χ4v) is 2.41. The fraction of sp³-hybridized carbons (Fsp3) is 0.467. The van der Waals surface area contributed by atoms with Gasteiger partial charge in [-0.25, -0.2) is 4.79 Å². The molecule has 1 aliphatic carbocycles. The molecule has 0 aromatic heterocycles. The van der Waals surface area contributed by atoms with Crippen LogP contribution >= 0.6 is 0 Å². The molecular weight excluding hydrogens is 258 g/mol. The lowest BCUT2D eigenvalue weighted by Gasteiger charge is -2.12. The van der Waals surface area contributed by atoms with E-state index in [1.807, 2.05) is 0 Å². The Balaban J connectivity index is 1.81. The Hall–Kier alpha value is -1.88. The third-order valence-electron chi connectivity index (χ3n) is 3.45. The van der Waals surface area contributed by atoms with Crippen molar-refractivity contribution in [2.45, 2.75) is 31.8 Å². The summed E-state index contributed by atoms with van der Waals surface area (Å²) in [7, 11) is 0. The average molecular weight is 277 g/mol. The molecule has 0 radical (unpaired) electrons. The lowest BCUT2D eigenvalue weighted by molar-refractivity contribution is 0.0580. The number of nitrogens with one attached hydrogen (secondary N) is 1. The molecule has 0 atom stereocenters. The zero-order chi connectivity index (χ0) is 14.4. The van der Waals surface area contributed by atoms with Crippen LogP contribution < -0.4 is 5.32 Å². The summed E-state index contributed by atoms with van der Waals surface area (Å²) in [5.74, 6) is -1.48. The fourth-order valence-electron chi connectivity index (χ4n) is 2.41. The summed E-state index contributed by atoms with van der Waals surface area (Å²) in [5.41, 5.74) is 0.197. The van der Waals surface area contributed by atoms with Crippen molar-refractivity contribution >= 4 is 11.9 Å². The number of carbonyl (C=O) groups excluding carboxylic acids is 1. The lowest BCUT2D eigenvalue weighted by atomic mass is 10.1. The smallest absolute Gasteiger partial charge is 0.336 e. The van der Waals surface area contributed by atoms with E-state index in [0.717, 1.165) is 12.8 Å². The van der Waals surface area contributed by atoms with Gasteiger partial charge in [-0.15, -0.1) is 0 Å². The SMILES string of the molecule is O=C(O)c1ccccc1C(=O)NCCOC1CCCC1. The highest BCUT2D eigenvalue weighted by atomic mass is 16.5. The van der Waals surface area contributed by atoms with E-state index in [4.69, 9.17) is 9.84 Å². The topological polar surface area (TPSA) is 75.6 Å². The van der Waals surface area contributed by atoms with Crippen LogP contribution in [0.1, 0.15) is 46.4 Å². The first-order chi connectivity index (χ1) is 9.68. The van der Waals surface area contributed by atoms with Crippen molar-refractivity contribution in [1.82, 2.24) is 5.32 Å². The van der Waals surface area contributed by atoms with E-state index in [2.05, 4.69) is 5.32 Å². The summed E-state index contributed by atoms with van der Waals surface area (Å²) < 4.78 is 5.64. The van der Waals surface area contributed by atoms with Crippen LogP contribution in [0, 0.1) is 0 Å². The van der Waals surface area contributed by atoms with Crippen LogP contribution in [-0.4, -0.2) is 36.2 Å². The highest BCUT2D eigenvalue weighted by molar-refractivity contribution is 6.04. The monoisotopic (exact) mass is 277 g/mol. The number of carboxylic acids is 1. The molecule has 2 N–H and O–H groups in total. The molecule has 20 heavy (non-hydrogen) atoms. The lowest BCUT2D eigenvalue weighted by Crippen LogP contribution is -2.29. The number of aromatic carboxylic acids is 1. The molecule has 0 heterocycles. The summed E-state index contributed by atoms with van der Waals surface area (Å²) >= 11 is 0. The number of hydrogen-bond acceptors (Lipinski definition) is 3. The molecular formula is C15H19NO4. The van der Waals surface area contributed by atoms with Gasteiger partial charge < -0.3 is 15.2 Å². The van der Waals surface area contributed by atoms with Crippen LogP contribution in [-0.2, 0) is 4.74 Å². The predicted octanol–water partition coefficient (Wildman–Crippen LogP) is 2.07. The van der Waals surface area contributed by atoms with Gasteiger partial charge in [-0.1, -0.05) is 25.0 Å². The Morgan fingerprint density at radius 1 is 1.20 bits per heavy atom. The van der Waals surface area contributed by atoms with Gasteiger partial charge in [0.1, 0.15) is 0 Å². The van der Waals surface area contributed by atoms with E-state index in [1.54, 1.807) is 12.1 Å². The summed E-state index contributed by atoms with van der Waals surface area (Å²) in [4.78, 5) is 23.0. The van der Waals surface area contributed by atoms with Crippen molar-refractivity contribution in [2.24, 2.45) is 0 Å². The van der Waals surface area contributed by atoms with Gasteiger partial charge in [0.15, 0.2) is 0 Å². The van der Waals surface area contributed by atoms with E-state index < -0.39 is 5.97 Å². The van der Waals surface area contributed by atoms with E-state index >= 15 is 0 Å². The zero-order valence-electron chi connectivity index (χ0n) is 11.3. The molecule has 0 aliphatic heterocycles. The maximum atomic E-state index is 11.9. The van der Waals surface area contributed by atoms with E-state index in [-0.39, 0.29) is 17.0 Å². The number of carbonyl (C=O) groups is 2. The summed E-state index contributed by atoms with van der Waals surface area (Å²) in [5, 5.41) is 11.7. The normalized spacial score (nSPS) is 15.2. The Bertz CT molecular complexity index is 481. The second-order valence-corrected chi connectivity index (χ2v) is 4.88. The van der Waals surface area contributed by atoms with Crippen molar-refractivity contribution in [3.63, 3.8) is 0 Å². The van der Waals surface area contributed by atoms with Crippen LogP contribution in [0.2, 0.25) is 0 Å². The van der Waals surface area contributed by atoms with E-state index in [9.17, 15) is 9.59 Å². The van der Waals surface area contributed by atoms with Gasteiger partial charge in [-0.05, 0) is 25.0 Å². The molecule has 1 aromatic carbocycles. The van der Waals surface area contributed by atoms with Gasteiger partial charge in [0.05, 0.1) is 23.8 Å². The summed E-state index contributed by atoms with van der Waals surface area (Å²) in [6.45, 7) is 0.856. The van der Waals surface area contributed by atoms with Crippen LogP contribution in [0.25, 0.3) is 0 Å². The number of rotatable bonds is 6. The molecule has 5 heteroatoms. The Kier molecular flexibility index (Phi) is 5.12. The third-order valence-corrected chi connectivity index (χ3v) is 3.45. The van der Waals surface area contributed by atoms with E-state index in [0.29, 0.717) is 19.3 Å². The van der Waals surface area contributed by atoms with Crippen LogP contribution in [0.4, 0.5) is 0 Å². The van der Waals surface area contributed by atoms with Gasteiger partial charge in [0.25, 0.3) is 5.91 Å². The molecule has 0 spiro atoms. The maximum Gasteiger partial charge on any atom is 0.336 e. The molecule has 0 bridgehead atoms. The second-order valence-electron chi connectivity index (χ2n) is 4.88. The molecule has 1 aromatic rings. The molecule has 1 fully saturated rings. The average Bonchev–Trinajstić information content (AvgIpc) is 2.96. The number of hydrogen-bond donors (Lipinski definition) is 2. The maximum absolute atomic E-state index is 11.9. The molecule has 0 unspecified atom stereocenters. The number of carboxylic acid groups (broad SMARTS) is 1. The predicted molar refractivity (Wildman–Crippen MR) is 73.9 cm³/mol. The molecule has 1 amide bonds. The minimum absolute atomic E-state index is 0.0155. The summed E-state index contributed by atoms with van der Waals surface area (Å²) in [6.07, 6.45) is 4.93. The highest BCUT2D eigenvalue weighted by Gasteiger charge is 2.17. The minimum atomic E-state index is -1.10. The van der Waals surface area contributed by atoms with Gasteiger partial charge in [0, 0.05) is 6.54 Å². The second kappa shape index (κ2) is 7.05. The Morgan fingerprint density at radius 2 is 1.85 bits per heavy atom. The third kappa shape index (κ3) is 3.81. The highest BCUT2D eigenvalue weighted by Crippen LogP contribution is 2.20. The Labute approximate surface area is 117 Å². The first-order valence-electron chi connectivity index (χ1n) is 6.90. The first kappa shape index (κ1) is 14.5. The van der Waals surface area contributed by atoms with Gasteiger partial charge in [0.2, 0.25) is 0 Å². The van der Waals surface area contributed by atoms with Crippen molar-refractivity contribution in [2.75, 3.05) is 13.2 Å². The minimum Gasteiger partial charge on any atom is -0.478 e. The molecule has 0 saturated heterocycles. The summed E-state index contributed by atoms with van der Waals surface area (Å²) in [6, 6.07) is 6.18. The molecule has 5 nitrogen and oxygen atoms in total. The zero-order valence-corrected chi connectivity index (χ0v) is 11.3. The van der Waals surface area contributed by atoms with Gasteiger partial charge in [-0.2, -0.15) is 0 Å². The van der Waals surface area contributed by atoms with Crippen molar-refractivity contribution < 1.29 is 19.4 Å². The molecule has 2 rings (SSSR count). The van der Waals surface area contributed by atoms with Gasteiger partial charge >= 0.3 is 5.97 Å². The van der Waals surface area contributed by atoms with Gasteiger partial charge in [-0.3, -0.25) is 4.79 Å². The molecule has 108 valence electrons. The number of benzene rings is 1. The largest absolute Gasteiger partial charge is 0.478 e. The van der Waals surface area contributed by atoms with Crippen LogP contribution in [0.5, 0.6) is 0 Å². The van der Waals surface area contributed by atoms with Crippen LogP contribution in [0.15, 0.2) is 24.3 Å². The molecule has 1 saturated carbocycles. The number of ether oxygens (including phenoxy) is 1. The van der Waals surface area contributed by atoms with Crippen molar-refractivity contribution in [1.29, 1.82) is 0 Å². The Morgan fingerprint density at radius 3 is 2.50 bits per heavy atom. The van der Waals surface area contributed by atoms with Crippen LogP contribution in [0.3, 0.4) is 0 Å². The quantitative estimate of drug-likeness (QED) is 0.780. The van der Waals surface area contributed by atoms with Crippen molar-refractivity contribution in [3.8, 4) is 0 Å². The van der Waals surface area contributed by atoms with Crippen molar-refractivity contribution in [3.05, 3.63) is 35.4 Å². The standard InChI is InChI=1S/C15H19NO4/c17-14(12-7-3-4-8-13(12)15(18)19)16-9-10-20-11-5-1-2-6-11/h3-4,7-8,11H,1-2,5-6,9-10H2,(H,16,17)(H,18,19). The molecule has 1 aliphatic rings. The number of amides is 1. The van der Waals surface area contributed by atoms with E-state index in [1.165, 1.54) is 25.0 Å². The first-order valence-corrected chi connectivity index (χ1v) is 6.90.